The normalized spacial score (nSPS) is 8.88. The molecule has 2 rings (SSSR count). The third-order valence-electron chi connectivity index (χ3n) is 1.80. The van der Waals surface area contributed by atoms with E-state index in [1.165, 1.54) is 24.3 Å². The number of hydrogen-bond donors (Lipinski definition) is 0. The first-order chi connectivity index (χ1) is 7.70. The number of Topliss-reactive ketones (excluding diaryl/α,β-unsaturated/α-hetero) is 1. The van der Waals surface area contributed by atoms with Crippen LogP contribution in [0.3, 0.4) is 0 Å². The fourth-order valence-electron chi connectivity index (χ4n) is 0.988. The fourth-order valence-corrected chi connectivity index (χ4v) is 0.988. The molecule has 0 saturated heterocycles. The van der Waals surface area contributed by atoms with Crippen LogP contribution in [0.15, 0.2) is 48.5 Å². The lowest BCUT2D eigenvalue weighted by atomic mass is 10.2. The summed E-state index contributed by atoms with van der Waals surface area (Å²) in [5.74, 6) is -0.109. The van der Waals surface area contributed by atoms with Crippen molar-refractivity contribution >= 4 is 5.78 Å². The van der Waals surface area contributed by atoms with Gasteiger partial charge in [0.25, 0.3) is 0 Å². The minimum atomic E-state index is -0.209. The van der Waals surface area contributed by atoms with Gasteiger partial charge in [-0.05, 0) is 31.2 Å². The zero-order chi connectivity index (χ0) is 11.8. The summed E-state index contributed by atoms with van der Waals surface area (Å²) in [5, 5.41) is 0. The van der Waals surface area contributed by atoms with Gasteiger partial charge in [0, 0.05) is 5.56 Å². The highest BCUT2D eigenvalue weighted by Crippen LogP contribution is 1.97. The average molecular weight is 214 g/mol. The van der Waals surface area contributed by atoms with Crippen molar-refractivity contribution in [2.75, 3.05) is 0 Å². The zero-order valence-corrected chi connectivity index (χ0v) is 8.91. The van der Waals surface area contributed by atoms with E-state index in [1.807, 2.05) is 0 Å². The zero-order valence-electron chi connectivity index (χ0n) is 8.91. The number of ketones is 1. The van der Waals surface area contributed by atoms with Crippen molar-refractivity contribution < 1.29 is 9.18 Å². The van der Waals surface area contributed by atoms with E-state index in [0.717, 1.165) is 5.56 Å². The van der Waals surface area contributed by atoms with Gasteiger partial charge in [-0.2, -0.15) is 0 Å². The first-order valence-electron chi connectivity index (χ1n) is 4.79. The second-order valence-corrected chi connectivity index (χ2v) is 3.06. The van der Waals surface area contributed by atoms with Gasteiger partial charge in [-0.3, -0.25) is 4.79 Å². The van der Waals surface area contributed by atoms with E-state index in [-0.39, 0.29) is 11.6 Å². The Labute approximate surface area is 94.6 Å². The van der Waals surface area contributed by atoms with Gasteiger partial charge in [-0.15, -0.1) is 0 Å². The van der Waals surface area contributed by atoms with Crippen LogP contribution in [0, 0.1) is 17.9 Å². The SMILES string of the molecule is CC(=O)c1cc[c]cc1.Fc1cc[c]cc1. The van der Waals surface area contributed by atoms with Crippen molar-refractivity contribution in [2.24, 2.45) is 0 Å². The van der Waals surface area contributed by atoms with E-state index in [1.54, 1.807) is 31.2 Å². The molecule has 0 aliphatic carbocycles. The predicted molar refractivity (Wildman–Crippen MR) is 60.5 cm³/mol. The molecule has 0 saturated carbocycles. The summed E-state index contributed by atoms with van der Waals surface area (Å²) < 4.78 is 11.9. The maximum atomic E-state index is 11.9. The Bertz CT molecular complexity index is 423. The van der Waals surface area contributed by atoms with Crippen LogP contribution in [0.5, 0.6) is 0 Å². The molecule has 0 atom stereocenters. The van der Waals surface area contributed by atoms with E-state index in [9.17, 15) is 9.18 Å². The van der Waals surface area contributed by atoms with E-state index < -0.39 is 0 Å². The Hall–Kier alpha value is -1.96. The van der Waals surface area contributed by atoms with Gasteiger partial charge >= 0.3 is 0 Å². The molecule has 0 heterocycles. The number of carbonyl (C=O) groups excluding carboxylic acids is 1. The summed E-state index contributed by atoms with van der Waals surface area (Å²) in [4.78, 5) is 10.6. The highest BCUT2D eigenvalue weighted by molar-refractivity contribution is 5.93. The van der Waals surface area contributed by atoms with Crippen LogP contribution in [-0.4, -0.2) is 5.78 Å². The monoisotopic (exact) mass is 214 g/mol. The minimum Gasteiger partial charge on any atom is -0.295 e. The topological polar surface area (TPSA) is 17.1 Å². The fraction of sp³-hybridized carbons (Fsp3) is 0.0714. The largest absolute Gasteiger partial charge is 0.295 e. The molecule has 16 heavy (non-hydrogen) atoms. The lowest BCUT2D eigenvalue weighted by Gasteiger charge is -1.89. The summed E-state index contributed by atoms with van der Waals surface area (Å²) in [7, 11) is 0. The second-order valence-electron chi connectivity index (χ2n) is 3.06. The third-order valence-corrected chi connectivity index (χ3v) is 1.80. The van der Waals surface area contributed by atoms with Crippen LogP contribution >= 0.6 is 0 Å². The van der Waals surface area contributed by atoms with E-state index in [0.29, 0.717) is 0 Å². The maximum Gasteiger partial charge on any atom is 0.159 e. The minimum absolute atomic E-state index is 0.101. The Morgan fingerprint density at radius 3 is 1.69 bits per heavy atom. The first-order valence-corrected chi connectivity index (χ1v) is 4.79. The molecule has 1 nitrogen and oxygen atoms in total. The van der Waals surface area contributed by atoms with Crippen molar-refractivity contribution in [3.05, 3.63) is 72.0 Å². The third kappa shape index (κ3) is 4.51. The Kier molecular flexibility index (Phi) is 4.93. The smallest absolute Gasteiger partial charge is 0.159 e. The quantitative estimate of drug-likeness (QED) is 0.665. The molecule has 0 aliphatic rings. The van der Waals surface area contributed by atoms with Gasteiger partial charge < -0.3 is 0 Å². The molecule has 0 aromatic heterocycles. The van der Waals surface area contributed by atoms with Crippen LogP contribution in [-0.2, 0) is 0 Å². The highest BCUT2D eigenvalue weighted by atomic mass is 19.1. The van der Waals surface area contributed by atoms with Gasteiger partial charge in [-0.1, -0.05) is 36.4 Å². The molecular formula is C14H11FO. The van der Waals surface area contributed by atoms with Crippen LogP contribution in [0.4, 0.5) is 4.39 Å². The van der Waals surface area contributed by atoms with Crippen LogP contribution in [0.25, 0.3) is 0 Å². The van der Waals surface area contributed by atoms with Gasteiger partial charge in [0.05, 0.1) is 0 Å². The van der Waals surface area contributed by atoms with Crippen molar-refractivity contribution in [3.8, 4) is 0 Å². The van der Waals surface area contributed by atoms with E-state index in [2.05, 4.69) is 12.1 Å². The van der Waals surface area contributed by atoms with E-state index in [4.69, 9.17) is 0 Å². The number of carbonyl (C=O) groups is 1. The number of rotatable bonds is 1. The number of halogens is 1. The summed E-state index contributed by atoms with van der Waals surface area (Å²) in [6.45, 7) is 1.55. The molecule has 80 valence electrons. The summed E-state index contributed by atoms with van der Waals surface area (Å²) in [6.07, 6.45) is 0. The number of benzene rings is 2. The van der Waals surface area contributed by atoms with Gasteiger partial charge in [0.2, 0.25) is 0 Å². The van der Waals surface area contributed by atoms with Crippen LogP contribution in [0.1, 0.15) is 17.3 Å². The van der Waals surface area contributed by atoms with E-state index >= 15 is 0 Å². The van der Waals surface area contributed by atoms with Crippen molar-refractivity contribution in [1.29, 1.82) is 0 Å². The van der Waals surface area contributed by atoms with Gasteiger partial charge in [0.15, 0.2) is 5.78 Å². The standard InChI is InChI=1S/C8H7O.C6H4F/c1-7(9)8-5-3-2-4-6-8;7-6-4-2-1-3-5-6/h3-6H,1H3;2-5H. The van der Waals surface area contributed by atoms with Crippen molar-refractivity contribution in [1.82, 2.24) is 0 Å². The molecule has 0 N–H and O–H groups in total. The molecule has 0 spiro atoms. The second kappa shape index (κ2) is 6.51. The highest BCUT2D eigenvalue weighted by Gasteiger charge is 1.92. The van der Waals surface area contributed by atoms with Crippen LogP contribution < -0.4 is 0 Å². The molecule has 2 aromatic rings. The molecule has 2 aromatic carbocycles. The summed E-state index contributed by atoms with van der Waals surface area (Å²) in [6, 6.07) is 18.3. The lowest BCUT2D eigenvalue weighted by Crippen LogP contribution is -1.88. The first kappa shape index (κ1) is 12.1. The molecule has 0 fully saturated rings. The average Bonchev–Trinajstić information content (AvgIpc) is 2.32. The predicted octanol–water partition coefficient (Wildman–Crippen LogP) is 3.32. The Morgan fingerprint density at radius 2 is 1.44 bits per heavy atom. The summed E-state index contributed by atoms with van der Waals surface area (Å²) >= 11 is 0. The molecule has 2 heteroatoms. The molecule has 0 aliphatic heterocycles. The van der Waals surface area contributed by atoms with Crippen molar-refractivity contribution in [2.45, 2.75) is 6.92 Å². The summed E-state index contributed by atoms with van der Waals surface area (Å²) in [5.41, 5.74) is 0.744. The van der Waals surface area contributed by atoms with Gasteiger partial charge in [-0.25, -0.2) is 4.39 Å². The Balaban J connectivity index is 0.000000165. The lowest BCUT2D eigenvalue weighted by molar-refractivity contribution is 0.101. The molecule has 2 radical (unpaired) electrons. The molecule has 0 bridgehead atoms. The van der Waals surface area contributed by atoms with Gasteiger partial charge in [0.1, 0.15) is 5.82 Å². The molecule has 0 unspecified atom stereocenters. The van der Waals surface area contributed by atoms with Crippen LogP contribution in [0.2, 0.25) is 0 Å². The number of hydrogen-bond acceptors (Lipinski definition) is 1. The maximum absolute atomic E-state index is 11.9. The Morgan fingerprint density at radius 1 is 1.00 bits per heavy atom. The molecular weight excluding hydrogens is 203 g/mol. The van der Waals surface area contributed by atoms with Crippen molar-refractivity contribution in [3.63, 3.8) is 0 Å². The molecule has 0 amide bonds.